The van der Waals surface area contributed by atoms with E-state index in [1.54, 1.807) is 6.08 Å². The first-order valence-electron chi connectivity index (χ1n) is 5.93. The van der Waals surface area contributed by atoms with E-state index in [1.807, 2.05) is 0 Å². The number of rotatable bonds is 0. The molecule has 0 aromatic heterocycles. The molecule has 3 rings (SSSR count). The standard InChI is InChI=1S/C13H14O3/c14-10-3-1-5-12-8(10)7-9-11(15)4-2-6-13(9)16-12/h7,12H,1-6H2. The van der Waals surface area contributed by atoms with E-state index >= 15 is 0 Å². The molecule has 3 heteroatoms. The molecule has 0 N–H and O–H groups in total. The van der Waals surface area contributed by atoms with Gasteiger partial charge in [-0.15, -0.1) is 0 Å². The summed E-state index contributed by atoms with van der Waals surface area (Å²) in [6.07, 6.45) is 6.43. The van der Waals surface area contributed by atoms with Crippen LogP contribution in [0.3, 0.4) is 0 Å². The second-order valence-corrected chi connectivity index (χ2v) is 4.64. The lowest BCUT2D eigenvalue weighted by Crippen LogP contribution is -2.31. The van der Waals surface area contributed by atoms with Gasteiger partial charge in [0.25, 0.3) is 0 Å². The largest absolute Gasteiger partial charge is 0.489 e. The maximum absolute atomic E-state index is 11.7. The molecule has 0 radical (unpaired) electrons. The second kappa shape index (κ2) is 3.58. The molecule has 0 spiro atoms. The molecule has 0 bridgehead atoms. The monoisotopic (exact) mass is 218 g/mol. The summed E-state index contributed by atoms with van der Waals surface area (Å²) in [7, 11) is 0. The average Bonchev–Trinajstić information content (AvgIpc) is 2.28. The Balaban J connectivity index is 2.01. The van der Waals surface area contributed by atoms with E-state index in [0.717, 1.165) is 37.0 Å². The van der Waals surface area contributed by atoms with Crippen molar-refractivity contribution in [3.05, 3.63) is 23.0 Å². The summed E-state index contributed by atoms with van der Waals surface area (Å²) in [5.74, 6) is 1.10. The van der Waals surface area contributed by atoms with E-state index in [0.29, 0.717) is 18.4 Å². The van der Waals surface area contributed by atoms with E-state index in [9.17, 15) is 9.59 Å². The molecule has 1 unspecified atom stereocenters. The van der Waals surface area contributed by atoms with Crippen molar-refractivity contribution in [3.63, 3.8) is 0 Å². The molecule has 16 heavy (non-hydrogen) atoms. The predicted octanol–water partition coefficient (Wildman–Crippen LogP) is 2.07. The summed E-state index contributed by atoms with van der Waals surface area (Å²) in [5.41, 5.74) is 1.38. The van der Waals surface area contributed by atoms with E-state index < -0.39 is 0 Å². The number of Topliss-reactive ketones (excluding diaryl/α,β-unsaturated/α-hetero) is 2. The van der Waals surface area contributed by atoms with Crippen molar-refractivity contribution in [3.8, 4) is 0 Å². The molecule has 0 saturated heterocycles. The van der Waals surface area contributed by atoms with E-state index in [4.69, 9.17) is 4.74 Å². The first kappa shape index (κ1) is 9.82. The highest BCUT2D eigenvalue weighted by molar-refractivity contribution is 6.04. The summed E-state index contributed by atoms with van der Waals surface area (Å²) in [5, 5.41) is 0. The van der Waals surface area contributed by atoms with E-state index in [2.05, 4.69) is 0 Å². The summed E-state index contributed by atoms with van der Waals surface area (Å²) >= 11 is 0. The van der Waals surface area contributed by atoms with Crippen molar-refractivity contribution in [1.29, 1.82) is 0 Å². The highest BCUT2D eigenvalue weighted by Crippen LogP contribution is 2.36. The minimum Gasteiger partial charge on any atom is -0.489 e. The zero-order valence-corrected chi connectivity index (χ0v) is 9.12. The summed E-state index contributed by atoms with van der Waals surface area (Å²) in [6.45, 7) is 0. The van der Waals surface area contributed by atoms with Crippen LogP contribution in [-0.2, 0) is 14.3 Å². The molecule has 0 aromatic rings. The van der Waals surface area contributed by atoms with Gasteiger partial charge in [-0.1, -0.05) is 0 Å². The van der Waals surface area contributed by atoms with Gasteiger partial charge in [0.1, 0.15) is 11.9 Å². The normalized spacial score (nSPS) is 29.2. The third kappa shape index (κ3) is 1.42. The third-order valence-electron chi connectivity index (χ3n) is 3.53. The maximum Gasteiger partial charge on any atom is 0.166 e. The predicted molar refractivity (Wildman–Crippen MR) is 57.7 cm³/mol. The molecular formula is C13H14O3. The Morgan fingerprint density at radius 2 is 1.88 bits per heavy atom. The topological polar surface area (TPSA) is 43.4 Å². The van der Waals surface area contributed by atoms with Crippen molar-refractivity contribution in [2.45, 2.75) is 44.6 Å². The Hall–Kier alpha value is -1.38. The molecule has 1 heterocycles. The molecular weight excluding hydrogens is 204 g/mol. The lowest BCUT2D eigenvalue weighted by Gasteiger charge is -2.32. The highest BCUT2D eigenvalue weighted by atomic mass is 16.5. The van der Waals surface area contributed by atoms with Crippen LogP contribution in [0.25, 0.3) is 0 Å². The summed E-state index contributed by atoms with van der Waals surface area (Å²) in [6, 6.07) is 0. The van der Waals surface area contributed by atoms with Crippen LogP contribution in [0, 0.1) is 0 Å². The smallest absolute Gasteiger partial charge is 0.166 e. The molecule has 1 atom stereocenters. The number of allylic oxidation sites excluding steroid dienone is 3. The lowest BCUT2D eigenvalue weighted by atomic mass is 9.84. The molecule has 0 amide bonds. The Kier molecular flexibility index (Phi) is 2.20. The van der Waals surface area contributed by atoms with Crippen LogP contribution in [0.2, 0.25) is 0 Å². The number of fused-ring (bicyclic) bond motifs is 1. The first-order valence-corrected chi connectivity index (χ1v) is 5.93. The Bertz CT molecular complexity index is 428. The van der Waals surface area contributed by atoms with Crippen LogP contribution in [0.4, 0.5) is 0 Å². The molecule has 2 aliphatic carbocycles. The zero-order chi connectivity index (χ0) is 11.1. The van der Waals surface area contributed by atoms with Crippen LogP contribution in [0.15, 0.2) is 23.0 Å². The fourth-order valence-electron chi connectivity index (χ4n) is 2.67. The lowest BCUT2D eigenvalue weighted by molar-refractivity contribution is -0.118. The van der Waals surface area contributed by atoms with Crippen molar-refractivity contribution in [2.75, 3.05) is 0 Å². The molecule has 84 valence electrons. The average molecular weight is 218 g/mol. The van der Waals surface area contributed by atoms with Gasteiger partial charge in [0.15, 0.2) is 11.6 Å². The Labute approximate surface area is 94.2 Å². The second-order valence-electron chi connectivity index (χ2n) is 4.64. The number of ether oxygens (including phenoxy) is 1. The van der Waals surface area contributed by atoms with Gasteiger partial charge in [0.05, 0.1) is 5.57 Å². The minimum atomic E-state index is -0.0779. The molecule has 1 aliphatic heterocycles. The van der Waals surface area contributed by atoms with Gasteiger partial charge >= 0.3 is 0 Å². The third-order valence-corrected chi connectivity index (χ3v) is 3.53. The summed E-state index contributed by atoms with van der Waals surface area (Å²) < 4.78 is 5.80. The van der Waals surface area contributed by atoms with Crippen molar-refractivity contribution < 1.29 is 14.3 Å². The quantitative estimate of drug-likeness (QED) is 0.625. The fraction of sp³-hybridized carbons (Fsp3) is 0.538. The number of hydrogen-bond donors (Lipinski definition) is 0. The van der Waals surface area contributed by atoms with Crippen LogP contribution < -0.4 is 0 Å². The zero-order valence-electron chi connectivity index (χ0n) is 9.12. The van der Waals surface area contributed by atoms with Gasteiger partial charge in [-0.25, -0.2) is 0 Å². The van der Waals surface area contributed by atoms with Gasteiger partial charge in [-0.3, -0.25) is 9.59 Å². The number of hydrogen-bond acceptors (Lipinski definition) is 3. The highest BCUT2D eigenvalue weighted by Gasteiger charge is 2.34. The SMILES string of the molecule is O=C1CCCC2OC3=C(C=C12)C(=O)CCC3. The minimum absolute atomic E-state index is 0.0779. The van der Waals surface area contributed by atoms with Crippen LogP contribution >= 0.6 is 0 Å². The number of carbonyl (C=O) groups excluding carboxylic acids is 2. The van der Waals surface area contributed by atoms with Gasteiger partial charge in [-0.2, -0.15) is 0 Å². The number of carbonyl (C=O) groups is 2. The fourth-order valence-corrected chi connectivity index (χ4v) is 2.67. The Morgan fingerprint density at radius 1 is 1.06 bits per heavy atom. The van der Waals surface area contributed by atoms with Crippen molar-refractivity contribution in [2.24, 2.45) is 0 Å². The van der Waals surface area contributed by atoms with Crippen molar-refractivity contribution >= 4 is 11.6 Å². The molecule has 0 aromatic carbocycles. The van der Waals surface area contributed by atoms with Crippen LogP contribution in [0.1, 0.15) is 38.5 Å². The first-order chi connectivity index (χ1) is 7.75. The summed E-state index contributed by atoms with van der Waals surface area (Å²) in [4.78, 5) is 23.4. The van der Waals surface area contributed by atoms with Gasteiger partial charge in [0.2, 0.25) is 0 Å². The van der Waals surface area contributed by atoms with Crippen LogP contribution in [0.5, 0.6) is 0 Å². The van der Waals surface area contributed by atoms with Crippen molar-refractivity contribution in [1.82, 2.24) is 0 Å². The van der Waals surface area contributed by atoms with Gasteiger partial charge < -0.3 is 4.74 Å². The molecule has 3 aliphatic rings. The van der Waals surface area contributed by atoms with E-state index in [-0.39, 0.29) is 17.7 Å². The maximum atomic E-state index is 11.7. The van der Waals surface area contributed by atoms with E-state index in [1.165, 1.54) is 0 Å². The van der Waals surface area contributed by atoms with Gasteiger partial charge in [0, 0.05) is 24.8 Å². The van der Waals surface area contributed by atoms with Gasteiger partial charge in [-0.05, 0) is 25.3 Å². The Morgan fingerprint density at radius 3 is 2.75 bits per heavy atom. The number of ketones is 2. The molecule has 1 saturated carbocycles. The molecule has 1 fully saturated rings. The van der Waals surface area contributed by atoms with Crippen LogP contribution in [-0.4, -0.2) is 17.7 Å². The molecule has 3 nitrogen and oxygen atoms in total.